The van der Waals surface area contributed by atoms with Crippen LogP contribution in [-0.2, 0) is 4.74 Å². The third-order valence-electron chi connectivity index (χ3n) is 4.79. The first-order valence-corrected chi connectivity index (χ1v) is 8.19. The largest absolute Gasteiger partial charge is 0.383 e. The highest BCUT2D eigenvalue weighted by atomic mass is 16.5. The van der Waals surface area contributed by atoms with Crippen molar-refractivity contribution in [1.29, 1.82) is 0 Å². The summed E-state index contributed by atoms with van der Waals surface area (Å²) in [5.41, 5.74) is 0.337. The molecule has 1 atom stereocenters. The number of piperazine rings is 1. The minimum Gasteiger partial charge on any atom is -0.383 e. The highest BCUT2D eigenvalue weighted by Crippen LogP contribution is 2.24. The molecule has 4 heteroatoms. The third-order valence-corrected chi connectivity index (χ3v) is 4.79. The van der Waals surface area contributed by atoms with Crippen LogP contribution < -0.4 is 5.32 Å². The van der Waals surface area contributed by atoms with Gasteiger partial charge < -0.3 is 15.0 Å². The quantitative estimate of drug-likeness (QED) is 0.844. The molecule has 0 amide bonds. The van der Waals surface area contributed by atoms with E-state index in [0.29, 0.717) is 11.6 Å². The van der Waals surface area contributed by atoms with E-state index in [2.05, 4.69) is 35.9 Å². The van der Waals surface area contributed by atoms with Crippen molar-refractivity contribution in [3.63, 3.8) is 0 Å². The van der Waals surface area contributed by atoms with Crippen LogP contribution in [0, 0.1) is 5.92 Å². The molecule has 1 unspecified atom stereocenters. The smallest absolute Gasteiger partial charge is 0.0628 e. The molecule has 0 bridgehead atoms. The summed E-state index contributed by atoms with van der Waals surface area (Å²) in [6.07, 6.45) is 2.71. The molecule has 20 heavy (non-hydrogen) atoms. The monoisotopic (exact) mass is 283 g/mol. The Morgan fingerprint density at radius 3 is 2.45 bits per heavy atom. The standard InChI is InChI=1S/C16H33N3O/c1-16(2,3)19-8-5-14(6-9-19)11-18-10-7-17-15(12-18)13-20-4/h14-15,17H,5-13H2,1-4H3. The Morgan fingerprint density at radius 2 is 1.85 bits per heavy atom. The van der Waals surface area contributed by atoms with Gasteiger partial charge in [0.2, 0.25) is 0 Å². The summed E-state index contributed by atoms with van der Waals surface area (Å²) in [6.45, 7) is 15.1. The van der Waals surface area contributed by atoms with E-state index in [1.165, 1.54) is 39.0 Å². The van der Waals surface area contributed by atoms with E-state index in [9.17, 15) is 0 Å². The van der Waals surface area contributed by atoms with Crippen LogP contribution in [0.25, 0.3) is 0 Å². The summed E-state index contributed by atoms with van der Waals surface area (Å²) in [6, 6.07) is 0.517. The second-order valence-corrected chi connectivity index (χ2v) is 7.47. The highest BCUT2D eigenvalue weighted by molar-refractivity contribution is 4.85. The number of likely N-dealkylation sites (tertiary alicyclic amines) is 1. The molecular weight excluding hydrogens is 250 g/mol. The maximum Gasteiger partial charge on any atom is 0.0628 e. The van der Waals surface area contributed by atoms with E-state index in [-0.39, 0.29) is 0 Å². The maximum atomic E-state index is 5.28. The number of nitrogens with one attached hydrogen (secondary N) is 1. The molecule has 2 heterocycles. The van der Waals surface area contributed by atoms with Crippen LogP contribution in [0.4, 0.5) is 0 Å². The Bertz CT molecular complexity index is 280. The van der Waals surface area contributed by atoms with Gasteiger partial charge in [0.05, 0.1) is 6.61 Å². The van der Waals surface area contributed by atoms with Crippen molar-refractivity contribution >= 4 is 0 Å². The van der Waals surface area contributed by atoms with Gasteiger partial charge in [-0.3, -0.25) is 4.90 Å². The van der Waals surface area contributed by atoms with Gasteiger partial charge in [0.15, 0.2) is 0 Å². The summed E-state index contributed by atoms with van der Waals surface area (Å²) in [5, 5.41) is 3.54. The van der Waals surface area contributed by atoms with Crippen molar-refractivity contribution in [2.75, 3.05) is 53.0 Å². The van der Waals surface area contributed by atoms with Crippen LogP contribution in [0.1, 0.15) is 33.6 Å². The van der Waals surface area contributed by atoms with E-state index in [4.69, 9.17) is 4.74 Å². The average Bonchev–Trinajstić information content (AvgIpc) is 2.39. The van der Waals surface area contributed by atoms with Crippen LogP contribution in [0.5, 0.6) is 0 Å². The summed E-state index contributed by atoms with van der Waals surface area (Å²) in [7, 11) is 1.79. The van der Waals surface area contributed by atoms with Gasteiger partial charge in [0.1, 0.15) is 0 Å². The van der Waals surface area contributed by atoms with Gasteiger partial charge in [-0.15, -0.1) is 0 Å². The number of hydrogen-bond donors (Lipinski definition) is 1. The van der Waals surface area contributed by atoms with Crippen molar-refractivity contribution in [1.82, 2.24) is 15.1 Å². The van der Waals surface area contributed by atoms with Gasteiger partial charge in [0, 0.05) is 44.9 Å². The summed E-state index contributed by atoms with van der Waals surface area (Å²) < 4.78 is 5.28. The molecule has 0 aromatic rings. The zero-order valence-electron chi connectivity index (χ0n) is 13.8. The molecule has 0 aromatic heterocycles. The molecule has 2 aliphatic rings. The zero-order valence-corrected chi connectivity index (χ0v) is 13.8. The molecule has 2 fully saturated rings. The van der Waals surface area contributed by atoms with Gasteiger partial charge in [-0.1, -0.05) is 0 Å². The fourth-order valence-corrected chi connectivity index (χ4v) is 3.52. The SMILES string of the molecule is COCC1CN(CC2CCN(C(C)(C)C)CC2)CCN1. The Hall–Kier alpha value is -0.160. The molecule has 0 saturated carbocycles. The van der Waals surface area contributed by atoms with E-state index in [1.807, 2.05) is 0 Å². The van der Waals surface area contributed by atoms with Crippen molar-refractivity contribution in [2.24, 2.45) is 5.92 Å². The van der Waals surface area contributed by atoms with E-state index >= 15 is 0 Å². The minimum absolute atomic E-state index is 0.337. The van der Waals surface area contributed by atoms with Crippen LogP contribution in [0.15, 0.2) is 0 Å². The van der Waals surface area contributed by atoms with Gasteiger partial charge in [0.25, 0.3) is 0 Å². The molecule has 2 aliphatic heterocycles. The second-order valence-electron chi connectivity index (χ2n) is 7.47. The van der Waals surface area contributed by atoms with Crippen molar-refractivity contribution in [2.45, 2.75) is 45.2 Å². The lowest BCUT2D eigenvalue weighted by Crippen LogP contribution is -2.54. The van der Waals surface area contributed by atoms with E-state index in [1.54, 1.807) is 7.11 Å². The Kier molecular flexibility index (Phi) is 5.84. The molecule has 2 rings (SSSR count). The number of hydrogen-bond acceptors (Lipinski definition) is 4. The number of rotatable bonds is 4. The lowest BCUT2D eigenvalue weighted by atomic mass is 9.92. The highest BCUT2D eigenvalue weighted by Gasteiger charge is 2.28. The maximum absolute atomic E-state index is 5.28. The molecule has 0 aromatic carbocycles. The van der Waals surface area contributed by atoms with Gasteiger partial charge >= 0.3 is 0 Å². The first-order valence-electron chi connectivity index (χ1n) is 8.19. The first kappa shape index (κ1) is 16.2. The molecular formula is C16H33N3O. The van der Waals surface area contributed by atoms with Crippen molar-refractivity contribution in [3.05, 3.63) is 0 Å². The van der Waals surface area contributed by atoms with Crippen molar-refractivity contribution in [3.8, 4) is 0 Å². The average molecular weight is 283 g/mol. The number of ether oxygens (including phenoxy) is 1. The van der Waals surface area contributed by atoms with Crippen LogP contribution in [0.3, 0.4) is 0 Å². The minimum atomic E-state index is 0.337. The van der Waals surface area contributed by atoms with Crippen LogP contribution >= 0.6 is 0 Å². The normalized spacial score (nSPS) is 27.9. The molecule has 118 valence electrons. The molecule has 1 N–H and O–H groups in total. The zero-order chi connectivity index (χ0) is 14.6. The predicted molar refractivity (Wildman–Crippen MR) is 84.2 cm³/mol. The first-order chi connectivity index (χ1) is 9.49. The third kappa shape index (κ3) is 4.69. The van der Waals surface area contributed by atoms with Gasteiger partial charge in [-0.25, -0.2) is 0 Å². The fraction of sp³-hybridized carbons (Fsp3) is 1.00. The molecule has 2 saturated heterocycles. The summed E-state index contributed by atoms with van der Waals surface area (Å²) >= 11 is 0. The fourth-order valence-electron chi connectivity index (χ4n) is 3.52. The summed E-state index contributed by atoms with van der Waals surface area (Å²) in [4.78, 5) is 5.27. The predicted octanol–water partition coefficient (Wildman–Crippen LogP) is 1.42. The molecule has 0 radical (unpaired) electrons. The number of nitrogens with zero attached hydrogens (tertiary/aromatic N) is 2. The van der Waals surface area contributed by atoms with Gasteiger partial charge in [-0.2, -0.15) is 0 Å². The molecule has 0 spiro atoms. The Labute approximate surface area is 124 Å². The van der Waals surface area contributed by atoms with E-state index < -0.39 is 0 Å². The number of methoxy groups -OCH3 is 1. The topological polar surface area (TPSA) is 27.7 Å². The Morgan fingerprint density at radius 1 is 1.15 bits per heavy atom. The Balaban J connectivity index is 1.72. The number of piperidine rings is 1. The molecule has 4 nitrogen and oxygen atoms in total. The lowest BCUT2D eigenvalue weighted by molar-refractivity contribution is 0.0622. The molecule has 0 aliphatic carbocycles. The van der Waals surface area contributed by atoms with Gasteiger partial charge in [-0.05, 0) is 52.6 Å². The van der Waals surface area contributed by atoms with Crippen molar-refractivity contribution < 1.29 is 4.74 Å². The summed E-state index contributed by atoms with van der Waals surface area (Å²) in [5.74, 6) is 0.884. The van der Waals surface area contributed by atoms with Crippen LogP contribution in [0.2, 0.25) is 0 Å². The van der Waals surface area contributed by atoms with E-state index in [0.717, 1.165) is 25.6 Å². The second kappa shape index (κ2) is 7.21. The lowest BCUT2D eigenvalue weighted by Gasteiger charge is -2.42. The van der Waals surface area contributed by atoms with Crippen LogP contribution in [-0.4, -0.2) is 74.4 Å².